The summed E-state index contributed by atoms with van der Waals surface area (Å²) in [6.07, 6.45) is 18.6. The predicted octanol–water partition coefficient (Wildman–Crippen LogP) is 6.40. The van der Waals surface area contributed by atoms with Crippen LogP contribution in [0.3, 0.4) is 0 Å². The lowest BCUT2D eigenvalue weighted by Gasteiger charge is -2.32. The van der Waals surface area contributed by atoms with Crippen molar-refractivity contribution in [1.29, 1.82) is 5.26 Å². The van der Waals surface area contributed by atoms with Crippen LogP contribution in [0.4, 0.5) is 0 Å². The van der Waals surface area contributed by atoms with Crippen LogP contribution in [-0.2, 0) is 9.31 Å². The summed E-state index contributed by atoms with van der Waals surface area (Å²) in [4.78, 5) is 65.5. The second-order valence-electron chi connectivity index (χ2n) is 15.1. The van der Waals surface area contributed by atoms with Gasteiger partial charge >= 0.3 is 7.12 Å². The molecule has 17 nitrogen and oxygen atoms in total. The number of aldehydes is 3. The van der Waals surface area contributed by atoms with E-state index in [2.05, 4.69) is 72.2 Å². The first-order chi connectivity index (χ1) is 30.9. The fraction of sp³-hybridized carbons (Fsp3) is 0.222. The Bertz CT molecular complexity index is 2620. The van der Waals surface area contributed by atoms with E-state index in [1.165, 1.54) is 0 Å². The standard InChI is InChI=1S/C17H15N7.C12H16BNO3.C10H7N3O.C6H4BrNO/c18-11-24-7-4-13(10-24)15-8-16(23-22-15)14-3-2-12(9-21-14)17-19-5-1-6-20-17;1-11(2)12(3,4)17-13(16-11)9-5-6-10(8-15)14-7-9;14-7-9-3-2-8(6-13-9)10-11-4-1-5-12-10;7-5-1-2-6(4-9)8-3-5/h1-3,5-6,8-9,13H,4,7,10H2,(H,22,23);5-8H,1-4H3;1-7H;1-4H. The van der Waals surface area contributed by atoms with Crippen molar-refractivity contribution in [2.24, 2.45) is 0 Å². The van der Waals surface area contributed by atoms with Crippen molar-refractivity contribution < 1.29 is 23.7 Å². The van der Waals surface area contributed by atoms with E-state index >= 15 is 0 Å². The maximum absolute atomic E-state index is 10.5. The van der Waals surface area contributed by atoms with E-state index in [0.717, 1.165) is 57.7 Å². The van der Waals surface area contributed by atoms with Gasteiger partial charge in [-0.1, -0.05) is 6.07 Å². The third-order valence-corrected chi connectivity index (χ3v) is 10.7. The van der Waals surface area contributed by atoms with Gasteiger partial charge in [0.05, 0.1) is 16.9 Å². The fourth-order valence-corrected chi connectivity index (χ4v) is 6.26. The summed E-state index contributed by atoms with van der Waals surface area (Å²) in [5.74, 6) is 1.59. The van der Waals surface area contributed by atoms with Gasteiger partial charge in [0.1, 0.15) is 22.8 Å². The van der Waals surface area contributed by atoms with Crippen LogP contribution in [0.15, 0.2) is 121 Å². The Morgan fingerprint density at radius 2 is 1.23 bits per heavy atom. The molecule has 322 valence electrons. The van der Waals surface area contributed by atoms with E-state index in [4.69, 9.17) is 14.6 Å². The summed E-state index contributed by atoms with van der Waals surface area (Å²) in [6, 6.07) is 19.7. The van der Waals surface area contributed by atoms with Crippen LogP contribution in [0, 0.1) is 11.5 Å². The normalized spacial score (nSPS) is 15.5. The molecule has 2 aliphatic rings. The molecule has 0 bridgehead atoms. The number of halogens is 1. The van der Waals surface area contributed by atoms with Gasteiger partial charge in [-0.05, 0) is 111 Å². The molecular weight excluding hydrogens is 879 g/mol. The smallest absolute Gasteiger partial charge is 0.399 e. The lowest BCUT2D eigenvalue weighted by Crippen LogP contribution is -2.41. The minimum Gasteiger partial charge on any atom is -0.399 e. The molecule has 1 unspecified atom stereocenters. The molecule has 9 heterocycles. The molecule has 7 aromatic rings. The third-order valence-electron chi connectivity index (χ3n) is 10.3. The fourth-order valence-electron chi connectivity index (χ4n) is 6.03. The molecule has 7 aromatic heterocycles. The van der Waals surface area contributed by atoms with Crippen LogP contribution in [-0.4, -0.2) is 105 Å². The highest BCUT2D eigenvalue weighted by atomic mass is 79.9. The number of aromatic amines is 1. The number of nitrogens with zero attached hydrogens (tertiary/aromatic N) is 11. The van der Waals surface area contributed by atoms with Crippen LogP contribution in [0.25, 0.3) is 34.2 Å². The highest BCUT2D eigenvalue weighted by molar-refractivity contribution is 9.10. The Labute approximate surface area is 378 Å². The summed E-state index contributed by atoms with van der Waals surface area (Å²) in [5.41, 5.74) is 5.71. The van der Waals surface area contributed by atoms with Crippen LogP contribution >= 0.6 is 15.9 Å². The van der Waals surface area contributed by atoms with Crippen molar-refractivity contribution in [1.82, 2.24) is 55.0 Å². The van der Waals surface area contributed by atoms with Crippen molar-refractivity contribution >= 4 is 47.4 Å². The van der Waals surface area contributed by atoms with Gasteiger partial charge in [0.2, 0.25) is 0 Å². The molecule has 0 radical (unpaired) electrons. The molecular formula is C45H42BBrN12O5. The Morgan fingerprint density at radius 1 is 0.703 bits per heavy atom. The lowest BCUT2D eigenvalue weighted by molar-refractivity contribution is 0.00578. The number of carbonyl (C=O) groups excluding carboxylic acids is 3. The highest BCUT2D eigenvalue weighted by Crippen LogP contribution is 2.36. The van der Waals surface area contributed by atoms with Crippen LogP contribution in [0.5, 0.6) is 0 Å². The summed E-state index contributed by atoms with van der Waals surface area (Å²) >= 11 is 3.20. The zero-order valence-electron chi connectivity index (χ0n) is 35.3. The van der Waals surface area contributed by atoms with Gasteiger partial charge < -0.3 is 14.2 Å². The van der Waals surface area contributed by atoms with Crippen molar-refractivity contribution in [3.05, 3.63) is 144 Å². The lowest BCUT2D eigenvalue weighted by atomic mass is 9.80. The number of aromatic nitrogens is 10. The molecule has 1 N–H and O–H groups in total. The number of nitrogens with one attached hydrogen (secondary N) is 1. The topological polar surface area (TPSA) is 228 Å². The van der Waals surface area contributed by atoms with Crippen LogP contribution in [0.1, 0.15) is 77.2 Å². The molecule has 0 aromatic carbocycles. The molecule has 2 aliphatic heterocycles. The third kappa shape index (κ3) is 12.2. The van der Waals surface area contributed by atoms with Crippen LogP contribution in [0.2, 0.25) is 0 Å². The first kappa shape index (κ1) is 46.2. The van der Waals surface area contributed by atoms with Gasteiger partial charge in [0.15, 0.2) is 36.7 Å². The SMILES string of the molecule is CC1(C)OB(c2ccc(C=O)nc2)OC1(C)C.N#CN1CCC(c2cc(-c3ccc(-c4ncccn4)cn3)n[nH]2)C1.O=Cc1ccc(-c2ncccn2)cn1.O=Cc1ccc(Br)cn1. The molecule has 0 spiro atoms. The number of nitriles is 1. The van der Waals surface area contributed by atoms with E-state index in [1.54, 1.807) is 103 Å². The molecule has 0 aliphatic carbocycles. The minimum atomic E-state index is -0.423. The number of rotatable bonds is 8. The molecule has 9 rings (SSSR count). The van der Waals surface area contributed by atoms with Crippen LogP contribution < -0.4 is 5.46 Å². The van der Waals surface area contributed by atoms with Gasteiger partial charge in [0, 0.05) is 95.3 Å². The monoisotopic (exact) mass is 920 g/mol. The maximum atomic E-state index is 10.5. The zero-order valence-corrected chi connectivity index (χ0v) is 36.9. The average Bonchev–Trinajstić information content (AvgIpc) is 4.08. The second kappa shape index (κ2) is 21.7. The number of H-pyrrole nitrogens is 1. The Morgan fingerprint density at radius 3 is 1.69 bits per heavy atom. The second-order valence-corrected chi connectivity index (χ2v) is 16.1. The average molecular weight is 922 g/mol. The Kier molecular flexibility index (Phi) is 15.7. The van der Waals surface area contributed by atoms with Crippen molar-refractivity contribution in [3.63, 3.8) is 0 Å². The molecule has 64 heavy (non-hydrogen) atoms. The number of hydrogen-bond acceptors (Lipinski definition) is 16. The number of hydrogen-bond donors (Lipinski definition) is 1. The van der Waals surface area contributed by atoms with Gasteiger partial charge in [-0.3, -0.25) is 39.4 Å². The number of carbonyl (C=O) groups is 3. The zero-order chi connectivity index (χ0) is 45.5. The van der Waals surface area contributed by atoms with E-state index in [9.17, 15) is 14.4 Å². The largest absolute Gasteiger partial charge is 0.496 e. The summed E-state index contributed by atoms with van der Waals surface area (Å²) in [7, 11) is -0.423. The van der Waals surface area contributed by atoms with E-state index in [1.807, 2.05) is 45.9 Å². The van der Waals surface area contributed by atoms with Gasteiger partial charge in [-0.15, -0.1) is 0 Å². The number of pyridine rings is 4. The molecule has 1 atom stereocenters. The molecule has 2 saturated heterocycles. The Hall–Kier alpha value is -7.27. The van der Waals surface area contributed by atoms with Gasteiger partial charge in [0.25, 0.3) is 0 Å². The van der Waals surface area contributed by atoms with Crippen molar-refractivity contribution in [2.75, 3.05) is 13.1 Å². The van der Waals surface area contributed by atoms with E-state index < -0.39 is 7.12 Å². The van der Waals surface area contributed by atoms with Gasteiger partial charge in [-0.2, -0.15) is 10.4 Å². The molecule has 0 saturated carbocycles. The Balaban J connectivity index is 0.000000150. The predicted molar refractivity (Wildman–Crippen MR) is 241 cm³/mol. The quantitative estimate of drug-likeness (QED) is 0.0988. The molecule has 2 fully saturated rings. The van der Waals surface area contributed by atoms with E-state index in [0.29, 0.717) is 53.5 Å². The molecule has 0 amide bonds. The van der Waals surface area contributed by atoms with Crippen molar-refractivity contribution in [3.8, 4) is 40.4 Å². The highest BCUT2D eigenvalue weighted by Gasteiger charge is 2.51. The van der Waals surface area contributed by atoms with E-state index in [-0.39, 0.29) is 11.2 Å². The van der Waals surface area contributed by atoms with Crippen molar-refractivity contribution in [2.45, 2.75) is 51.2 Å². The molecule has 19 heteroatoms. The minimum absolute atomic E-state index is 0.322. The first-order valence-corrected chi connectivity index (χ1v) is 20.7. The number of likely N-dealkylation sites (tertiary alicyclic amines) is 1. The summed E-state index contributed by atoms with van der Waals surface area (Å²) in [5, 5.41) is 16.4. The van der Waals surface area contributed by atoms with Gasteiger partial charge in [-0.25, -0.2) is 19.9 Å². The summed E-state index contributed by atoms with van der Waals surface area (Å²) < 4.78 is 12.6. The summed E-state index contributed by atoms with van der Waals surface area (Å²) in [6.45, 7) is 9.55. The maximum Gasteiger partial charge on any atom is 0.496 e. The first-order valence-electron chi connectivity index (χ1n) is 19.9.